The van der Waals surface area contributed by atoms with Crippen LogP contribution in [0, 0.1) is 0 Å². The highest BCUT2D eigenvalue weighted by Crippen LogP contribution is 2.36. The molecule has 0 aliphatic carbocycles. The van der Waals surface area contributed by atoms with Gasteiger partial charge in [-0.15, -0.1) is 0 Å². The monoisotopic (exact) mass is 416 g/mol. The van der Waals surface area contributed by atoms with Crippen molar-refractivity contribution in [2.24, 2.45) is 0 Å². The van der Waals surface area contributed by atoms with Crippen molar-refractivity contribution in [3.63, 3.8) is 0 Å². The molecule has 8 nitrogen and oxygen atoms in total. The lowest BCUT2D eigenvalue weighted by Crippen LogP contribution is -2.37. The first-order valence-electron chi connectivity index (χ1n) is 9.62. The van der Waals surface area contributed by atoms with Crippen molar-refractivity contribution in [3.8, 4) is 17.2 Å². The molecule has 0 bridgehead atoms. The Morgan fingerprint density at radius 3 is 2.23 bits per heavy atom. The summed E-state index contributed by atoms with van der Waals surface area (Å²) < 4.78 is 16.1. The average molecular weight is 416 g/mol. The number of hydrogen-bond acceptors (Lipinski definition) is 6. The van der Waals surface area contributed by atoms with Crippen LogP contribution in [0.4, 0.5) is 0 Å². The summed E-state index contributed by atoms with van der Waals surface area (Å²) in [4.78, 5) is 23.8. The van der Waals surface area contributed by atoms with Crippen LogP contribution in [0.5, 0.6) is 17.2 Å². The minimum Gasteiger partial charge on any atom is -0.493 e. The first-order chi connectivity index (χ1) is 14.5. The molecule has 2 amide bonds. The van der Waals surface area contributed by atoms with Crippen LogP contribution in [0.25, 0.3) is 0 Å². The molecule has 0 spiro atoms. The fourth-order valence-corrected chi connectivity index (χ4v) is 2.68. The van der Waals surface area contributed by atoms with Crippen LogP contribution < -0.4 is 24.8 Å². The third kappa shape index (κ3) is 7.63. The largest absolute Gasteiger partial charge is 0.493 e. The van der Waals surface area contributed by atoms with Crippen molar-refractivity contribution in [3.05, 3.63) is 54.1 Å². The molecule has 1 unspecified atom stereocenters. The number of aliphatic hydroxyl groups is 1. The van der Waals surface area contributed by atoms with Gasteiger partial charge < -0.3 is 30.0 Å². The Balaban J connectivity index is 1.65. The van der Waals surface area contributed by atoms with Crippen molar-refractivity contribution >= 4 is 11.8 Å². The van der Waals surface area contributed by atoms with Crippen molar-refractivity contribution < 1.29 is 28.9 Å². The molecule has 0 saturated carbocycles. The summed E-state index contributed by atoms with van der Waals surface area (Å²) in [6, 6.07) is 14.6. The molecule has 0 fully saturated rings. The van der Waals surface area contributed by atoms with Gasteiger partial charge in [0.15, 0.2) is 11.5 Å². The Morgan fingerprint density at radius 2 is 1.60 bits per heavy atom. The number of para-hydroxylation sites is 1. The molecule has 0 radical (unpaired) electrons. The van der Waals surface area contributed by atoms with Crippen molar-refractivity contribution in [2.45, 2.75) is 18.9 Å². The van der Waals surface area contributed by atoms with Gasteiger partial charge in [-0.3, -0.25) is 9.59 Å². The Bertz CT molecular complexity index is 790. The minimum atomic E-state index is -0.920. The van der Waals surface area contributed by atoms with Crippen LogP contribution in [-0.2, 0) is 16.0 Å². The van der Waals surface area contributed by atoms with E-state index in [0.29, 0.717) is 17.2 Å². The van der Waals surface area contributed by atoms with Gasteiger partial charge in [-0.05, 0) is 17.7 Å². The number of carbonyl (C=O) groups is 2. The van der Waals surface area contributed by atoms with E-state index >= 15 is 0 Å². The van der Waals surface area contributed by atoms with E-state index in [4.69, 9.17) is 14.2 Å². The van der Waals surface area contributed by atoms with Crippen molar-refractivity contribution in [2.75, 3.05) is 33.9 Å². The van der Waals surface area contributed by atoms with E-state index in [1.54, 1.807) is 18.2 Å². The topological polar surface area (TPSA) is 106 Å². The van der Waals surface area contributed by atoms with E-state index in [2.05, 4.69) is 10.6 Å². The number of aliphatic hydroxyl groups excluding tert-OH is 1. The van der Waals surface area contributed by atoms with Gasteiger partial charge in [0.2, 0.25) is 17.6 Å². The minimum absolute atomic E-state index is 0.0221. The molecular weight excluding hydrogens is 388 g/mol. The number of rotatable bonds is 12. The molecular formula is C22H28N2O6. The summed E-state index contributed by atoms with van der Waals surface area (Å²) in [5.41, 5.74) is 0.911. The molecule has 8 heteroatoms. The zero-order chi connectivity index (χ0) is 21.8. The lowest BCUT2D eigenvalue weighted by atomic mass is 10.1. The molecule has 2 aromatic rings. The number of carbonyl (C=O) groups excluding carboxylic acids is 2. The van der Waals surface area contributed by atoms with Gasteiger partial charge in [0, 0.05) is 19.5 Å². The van der Waals surface area contributed by atoms with Gasteiger partial charge in [-0.1, -0.05) is 36.4 Å². The standard InChI is InChI=1S/C22H28N2O6/c1-28-18-9-6-10-19(29-2)22(18)30-15-17(25)14-24-20(26)11-12-23-21(27)13-16-7-4-3-5-8-16/h3-10,17,25H,11-15H2,1-2H3,(H,23,27)(H,24,26). The molecule has 1 atom stereocenters. The highest BCUT2D eigenvalue weighted by molar-refractivity contribution is 5.80. The van der Waals surface area contributed by atoms with Gasteiger partial charge in [0.1, 0.15) is 12.7 Å². The third-order valence-corrected chi connectivity index (χ3v) is 4.22. The molecule has 0 aromatic heterocycles. The molecule has 3 N–H and O–H groups in total. The summed E-state index contributed by atoms with van der Waals surface area (Å²) in [5, 5.41) is 15.4. The van der Waals surface area contributed by atoms with Crippen LogP contribution in [0.3, 0.4) is 0 Å². The fraction of sp³-hybridized carbons (Fsp3) is 0.364. The first-order valence-corrected chi connectivity index (χ1v) is 9.62. The van der Waals surface area contributed by atoms with E-state index in [-0.39, 0.29) is 44.4 Å². The highest BCUT2D eigenvalue weighted by atomic mass is 16.5. The SMILES string of the molecule is COc1cccc(OC)c1OCC(O)CNC(=O)CCNC(=O)Cc1ccccc1. The van der Waals surface area contributed by atoms with Gasteiger partial charge >= 0.3 is 0 Å². The molecule has 0 aliphatic rings. The Hall–Kier alpha value is -3.26. The maximum Gasteiger partial charge on any atom is 0.224 e. The van der Waals surface area contributed by atoms with Crippen LogP contribution in [-0.4, -0.2) is 56.9 Å². The van der Waals surface area contributed by atoms with Crippen LogP contribution in [0.15, 0.2) is 48.5 Å². The summed E-state index contributed by atoms with van der Waals surface area (Å²) in [6.07, 6.45) is -0.532. The number of amides is 2. The second-order valence-corrected chi connectivity index (χ2v) is 6.52. The molecule has 162 valence electrons. The van der Waals surface area contributed by atoms with Gasteiger partial charge in [-0.2, -0.15) is 0 Å². The Labute approximate surface area is 176 Å². The average Bonchev–Trinajstić information content (AvgIpc) is 2.76. The van der Waals surface area contributed by atoms with Crippen LogP contribution in [0.1, 0.15) is 12.0 Å². The number of nitrogens with one attached hydrogen (secondary N) is 2. The Morgan fingerprint density at radius 1 is 0.933 bits per heavy atom. The van der Waals surface area contributed by atoms with E-state index < -0.39 is 6.10 Å². The van der Waals surface area contributed by atoms with Crippen LogP contribution >= 0.6 is 0 Å². The zero-order valence-electron chi connectivity index (χ0n) is 17.2. The molecule has 0 heterocycles. The predicted octanol–water partition coefficient (Wildman–Crippen LogP) is 1.31. The van der Waals surface area contributed by atoms with E-state index in [0.717, 1.165) is 5.56 Å². The lowest BCUT2D eigenvalue weighted by molar-refractivity contribution is -0.122. The van der Waals surface area contributed by atoms with Gasteiger partial charge in [-0.25, -0.2) is 0 Å². The second kappa shape index (κ2) is 12.3. The summed E-state index contributed by atoms with van der Waals surface area (Å²) in [7, 11) is 3.02. The van der Waals surface area contributed by atoms with Gasteiger partial charge in [0.05, 0.1) is 20.6 Å². The predicted molar refractivity (Wildman–Crippen MR) is 112 cm³/mol. The highest BCUT2D eigenvalue weighted by Gasteiger charge is 2.14. The molecule has 0 aliphatic heterocycles. The maximum atomic E-state index is 11.9. The molecule has 30 heavy (non-hydrogen) atoms. The lowest BCUT2D eigenvalue weighted by Gasteiger charge is -2.17. The fourth-order valence-electron chi connectivity index (χ4n) is 2.68. The number of methoxy groups -OCH3 is 2. The van der Waals surface area contributed by atoms with E-state index in [1.165, 1.54) is 14.2 Å². The summed E-state index contributed by atoms with van der Waals surface area (Å²) >= 11 is 0. The van der Waals surface area contributed by atoms with E-state index in [1.807, 2.05) is 30.3 Å². The van der Waals surface area contributed by atoms with Gasteiger partial charge in [0.25, 0.3) is 0 Å². The van der Waals surface area contributed by atoms with Crippen molar-refractivity contribution in [1.29, 1.82) is 0 Å². The number of ether oxygens (including phenoxy) is 3. The zero-order valence-corrected chi connectivity index (χ0v) is 17.2. The number of hydrogen-bond donors (Lipinski definition) is 3. The molecule has 0 saturated heterocycles. The first kappa shape index (κ1) is 23.0. The third-order valence-electron chi connectivity index (χ3n) is 4.22. The van der Waals surface area contributed by atoms with Crippen molar-refractivity contribution in [1.82, 2.24) is 10.6 Å². The molecule has 2 rings (SSSR count). The normalized spacial score (nSPS) is 11.3. The quantitative estimate of drug-likeness (QED) is 0.482. The maximum absolute atomic E-state index is 11.9. The summed E-state index contributed by atoms with van der Waals surface area (Å²) in [5.74, 6) is 0.930. The van der Waals surface area contributed by atoms with E-state index in [9.17, 15) is 14.7 Å². The Kier molecular flexibility index (Phi) is 9.47. The number of benzene rings is 2. The smallest absolute Gasteiger partial charge is 0.224 e. The second-order valence-electron chi connectivity index (χ2n) is 6.52. The summed E-state index contributed by atoms with van der Waals surface area (Å²) in [6.45, 7) is 0.196. The molecule has 2 aromatic carbocycles. The van der Waals surface area contributed by atoms with Crippen LogP contribution in [0.2, 0.25) is 0 Å².